The lowest BCUT2D eigenvalue weighted by Gasteiger charge is -2.22. The molecule has 0 N–H and O–H groups in total. The van der Waals surface area contributed by atoms with Crippen LogP contribution in [0.3, 0.4) is 0 Å². The predicted molar refractivity (Wildman–Crippen MR) is 93.3 cm³/mol. The van der Waals surface area contributed by atoms with Crippen molar-refractivity contribution >= 4 is 13.8 Å². The van der Waals surface area contributed by atoms with E-state index in [9.17, 15) is 31.3 Å². The summed E-state index contributed by atoms with van der Waals surface area (Å²) >= 11 is 0. The number of ether oxygens (including phenoxy) is 1. The highest BCUT2D eigenvalue weighted by Crippen LogP contribution is 2.52. The molecule has 0 bridgehead atoms. The number of benzene rings is 2. The maximum absolute atomic E-state index is 14.0. The van der Waals surface area contributed by atoms with Crippen LogP contribution in [-0.2, 0) is 18.6 Å². The van der Waals surface area contributed by atoms with Gasteiger partial charge in [-0.05, 0) is 32.9 Å². The summed E-state index contributed by atoms with van der Waals surface area (Å²) in [6.07, 6.45) is -2.24. The lowest BCUT2D eigenvalue weighted by molar-refractivity contribution is -0.155. The van der Waals surface area contributed by atoms with E-state index in [0.717, 1.165) is 6.92 Å². The molecule has 2 aromatic rings. The average molecular weight is 454 g/mol. The maximum Gasteiger partial charge on any atom is 0.588 e. The van der Waals surface area contributed by atoms with Crippen molar-refractivity contribution in [3.63, 3.8) is 0 Å². The lowest BCUT2D eigenvalue weighted by atomic mass is 10.3. The molecule has 0 radical (unpaired) electrons. The summed E-state index contributed by atoms with van der Waals surface area (Å²) in [5, 5.41) is 0. The van der Waals surface area contributed by atoms with Gasteiger partial charge in [0.05, 0.1) is 6.10 Å². The predicted octanol–water partition coefficient (Wildman–Crippen LogP) is 5.30. The minimum Gasteiger partial charge on any atom is -0.461 e. The Bertz CT molecular complexity index is 940. The third-order valence-electron chi connectivity index (χ3n) is 3.30. The second-order valence-electron chi connectivity index (χ2n) is 6.08. The average Bonchev–Trinajstić information content (AvgIpc) is 2.68. The van der Waals surface area contributed by atoms with Gasteiger partial charge in [0.2, 0.25) is 34.8 Å². The third-order valence-corrected chi connectivity index (χ3v) is 4.72. The van der Waals surface area contributed by atoms with Crippen LogP contribution in [0.1, 0.15) is 20.8 Å². The van der Waals surface area contributed by atoms with Crippen molar-refractivity contribution in [1.82, 2.24) is 0 Å². The standard InChI is InChI=1S/C18H16F5O6P/c1-9(2)26-18(24)10(3)27-30(25,28-11-7-5-4-6-8-11)29-17-15(22)13(20)12(19)14(21)16(17)23/h4-10H,1-3H3/t10-,30?/m0/s1. The van der Waals surface area contributed by atoms with Gasteiger partial charge in [0.15, 0.2) is 6.10 Å². The van der Waals surface area contributed by atoms with Crippen LogP contribution in [0.25, 0.3) is 0 Å². The third kappa shape index (κ3) is 5.48. The number of carbonyl (C=O) groups is 1. The summed E-state index contributed by atoms with van der Waals surface area (Å²) in [6.45, 7) is 4.08. The summed E-state index contributed by atoms with van der Waals surface area (Å²) in [6, 6.07) is 6.89. The fraction of sp³-hybridized carbons (Fsp3) is 0.278. The van der Waals surface area contributed by atoms with Gasteiger partial charge in [-0.25, -0.2) is 22.5 Å². The van der Waals surface area contributed by atoms with E-state index in [0.29, 0.717) is 0 Å². The van der Waals surface area contributed by atoms with E-state index >= 15 is 0 Å². The first-order valence-electron chi connectivity index (χ1n) is 8.39. The van der Waals surface area contributed by atoms with Crippen LogP contribution >= 0.6 is 7.82 Å². The Morgan fingerprint density at radius 1 is 0.833 bits per heavy atom. The van der Waals surface area contributed by atoms with Gasteiger partial charge < -0.3 is 13.8 Å². The highest BCUT2D eigenvalue weighted by Gasteiger charge is 2.40. The number of esters is 1. The Kier molecular flexibility index (Phi) is 7.44. The number of halogens is 5. The molecule has 6 nitrogen and oxygen atoms in total. The second-order valence-corrected chi connectivity index (χ2v) is 7.55. The van der Waals surface area contributed by atoms with Crippen LogP contribution in [0.2, 0.25) is 0 Å². The van der Waals surface area contributed by atoms with Crippen molar-refractivity contribution in [1.29, 1.82) is 0 Å². The molecule has 0 aliphatic carbocycles. The summed E-state index contributed by atoms with van der Waals surface area (Å²) in [5.41, 5.74) is 0. The molecule has 30 heavy (non-hydrogen) atoms. The summed E-state index contributed by atoms with van der Waals surface area (Å²) < 4.78 is 100. The van der Waals surface area contributed by atoms with Gasteiger partial charge in [0, 0.05) is 0 Å². The molecule has 2 rings (SSSR count). The van der Waals surface area contributed by atoms with Crippen LogP contribution < -0.4 is 9.05 Å². The Morgan fingerprint density at radius 2 is 1.33 bits per heavy atom. The fourth-order valence-electron chi connectivity index (χ4n) is 2.01. The molecule has 0 fully saturated rings. The van der Waals surface area contributed by atoms with Crippen molar-refractivity contribution < 1.29 is 49.6 Å². The van der Waals surface area contributed by atoms with Gasteiger partial charge in [-0.3, -0.25) is 4.52 Å². The molecule has 2 atom stereocenters. The highest BCUT2D eigenvalue weighted by atomic mass is 31.2. The van der Waals surface area contributed by atoms with Crippen LogP contribution in [0, 0.1) is 29.1 Å². The number of hydrogen-bond donors (Lipinski definition) is 0. The lowest BCUT2D eigenvalue weighted by Crippen LogP contribution is -2.26. The van der Waals surface area contributed by atoms with Gasteiger partial charge in [-0.1, -0.05) is 18.2 Å². The van der Waals surface area contributed by atoms with Crippen LogP contribution in [0.5, 0.6) is 11.5 Å². The van der Waals surface area contributed by atoms with Crippen LogP contribution in [-0.4, -0.2) is 18.2 Å². The van der Waals surface area contributed by atoms with E-state index in [-0.39, 0.29) is 5.75 Å². The summed E-state index contributed by atoms with van der Waals surface area (Å²) in [4.78, 5) is 11.9. The smallest absolute Gasteiger partial charge is 0.461 e. The van der Waals surface area contributed by atoms with E-state index in [1.165, 1.54) is 38.1 Å². The van der Waals surface area contributed by atoms with Gasteiger partial charge in [0.1, 0.15) is 5.75 Å². The first-order chi connectivity index (χ1) is 13.9. The normalized spacial score (nSPS) is 14.2. The molecular formula is C18H16F5O6P. The van der Waals surface area contributed by atoms with E-state index in [1.807, 2.05) is 0 Å². The number of hydrogen-bond acceptors (Lipinski definition) is 6. The van der Waals surface area contributed by atoms with Crippen LogP contribution in [0.4, 0.5) is 22.0 Å². The molecule has 2 aromatic carbocycles. The topological polar surface area (TPSA) is 71.1 Å². The van der Waals surface area contributed by atoms with Gasteiger partial charge in [-0.2, -0.15) is 8.78 Å². The Labute approximate surface area is 168 Å². The van der Waals surface area contributed by atoms with Crippen LogP contribution in [0.15, 0.2) is 30.3 Å². The second kappa shape index (κ2) is 9.44. The van der Waals surface area contributed by atoms with Gasteiger partial charge in [0.25, 0.3) is 0 Å². The largest absolute Gasteiger partial charge is 0.588 e. The van der Waals surface area contributed by atoms with E-state index < -0.39 is 60.8 Å². The minimum absolute atomic E-state index is 0.200. The van der Waals surface area contributed by atoms with E-state index in [4.69, 9.17) is 13.8 Å². The molecule has 0 saturated carbocycles. The number of phosphoric acid groups is 1. The fourth-order valence-corrected chi connectivity index (χ4v) is 3.37. The number of carbonyl (C=O) groups excluding carboxylic acids is 1. The van der Waals surface area contributed by atoms with Crippen molar-refractivity contribution in [2.24, 2.45) is 0 Å². The molecule has 0 aromatic heterocycles. The molecular weight excluding hydrogens is 438 g/mol. The van der Waals surface area contributed by atoms with Gasteiger partial charge in [-0.15, -0.1) is 0 Å². The Morgan fingerprint density at radius 3 is 1.83 bits per heavy atom. The van der Waals surface area contributed by atoms with E-state index in [1.54, 1.807) is 6.07 Å². The molecule has 1 unspecified atom stereocenters. The van der Waals surface area contributed by atoms with Crippen molar-refractivity contribution in [2.45, 2.75) is 33.0 Å². The van der Waals surface area contributed by atoms with Crippen molar-refractivity contribution in [2.75, 3.05) is 0 Å². The number of phosphoric ester groups is 1. The zero-order chi connectivity index (χ0) is 22.6. The van der Waals surface area contributed by atoms with Gasteiger partial charge >= 0.3 is 13.8 Å². The monoisotopic (exact) mass is 454 g/mol. The molecule has 0 saturated heterocycles. The molecule has 164 valence electrons. The SMILES string of the molecule is CC(C)OC(=O)[C@H](C)OP(=O)(Oc1ccccc1)Oc1c(F)c(F)c(F)c(F)c1F. The van der Waals surface area contributed by atoms with Crippen molar-refractivity contribution in [3.05, 3.63) is 59.4 Å². The van der Waals surface area contributed by atoms with Crippen molar-refractivity contribution in [3.8, 4) is 11.5 Å². The quantitative estimate of drug-likeness (QED) is 0.177. The number of rotatable bonds is 8. The first-order valence-corrected chi connectivity index (χ1v) is 9.86. The summed E-state index contributed by atoms with van der Waals surface area (Å²) in [7, 11) is -5.16. The molecule has 0 amide bonds. The molecule has 0 heterocycles. The molecule has 0 aliphatic heterocycles. The summed E-state index contributed by atoms with van der Waals surface area (Å²) in [5.74, 6) is -15.0. The zero-order valence-electron chi connectivity index (χ0n) is 15.8. The molecule has 12 heteroatoms. The zero-order valence-corrected chi connectivity index (χ0v) is 16.7. The Hall–Kier alpha value is -2.65. The first kappa shape index (κ1) is 23.6. The Balaban J connectivity index is 2.45. The maximum atomic E-state index is 14.0. The molecule has 0 spiro atoms. The minimum atomic E-state index is -5.16. The molecule has 0 aliphatic rings. The highest BCUT2D eigenvalue weighted by molar-refractivity contribution is 7.49. The number of para-hydroxylation sites is 1. The van der Waals surface area contributed by atoms with E-state index in [2.05, 4.69) is 4.52 Å².